The molecule has 0 aliphatic rings. The van der Waals surface area contributed by atoms with Crippen LogP contribution in [0.5, 0.6) is 11.5 Å². The van der Waals surface area contributed by atoms with Crippen molar-refractivity contribution < 1.29 is 27.4 Å². The fraction of sp³-hybridized carbons (Fsp3) is 0.455. The second-order valence-corrected chi connectivity index (χ2v) is 3.29. The highest BCUT2D eigenvalue weighted by atomic mass is 19.4. The Kier molecular flexibility index (Phi) is 5.08. The van der Waals surface area contributed by atoms with Crippen LogP contribution in [-0.2, 0) is 4.74 Å². The third kappa shape index (κ3) is 4.70. The van der Waals surface area contributed by atoms with Crippen LogP contribution in [0.3, 0.4) is 0 Å². The maximum atomic E-state index is 11.7. The summed E-state index contributed by atoms with van der Waals surface area (Å²) in [5.74, 6) is 1.05. The maximum Gasteiger partial charge on any atom is 0.522 e. The topological polar surface area (TPSA) is 39.7 Å². The SMILES string of the molecule is COc1ccc(NCCOC(F)(F)F)cc1OC. The summed E-state index contributed by atoms with van der Waals surface area (Å²) in [6.07, 6.45) is -4.60. The molecular formula is C11H14F3NO3. The number of methoxy groups -OCH3 is 2. The lowest BCUT2D eigenvalue weighted by Crippen LogP contribution is -2.19. The van der Waals surface area contributed by atoms with E-state index in [9.17, 15) is 13.2 Å². The van der Waals surface area contributed by atoms with Gasteiger partial charge in [0.05, 0.1) is 20.8 Å². The Morgan fingerprint density at radius 1 is 1.11 bits per heavy atom. The van der Waals surface area contributed by atoms with E-state index >= 15 is 0 Å². The average Bonchev–Trinajstić information content (AvgIpc) is 2.33. The van der Waals surface area contributed by atoms with E-state index in [4.69, 9.17) is 9.47 Å². The van der Waals surface area contributed by atoms with Gasteiger partial charge in [0.1, 0.15) is 0 Å². The molecule has 0 unspecified atom stereocenters. The highest BCUT2D eigenvalue weighted by Crippen LogP contribution is 2.29. The molecule has 0 aromatic heterocycles. The number of hydrogen-bond acceptors (Lipinski definition) is 4. The third-order valence-electron chi connectivity index (χ3n) is 2.08. The molecule has 0 radical (unpaired) electrons. The molecule has 1 N–H and O–H groups in total. The van der Waals surface area contributed by atoms with Gasteiger partial charge in [-0.25, -0.2) is 0 Å². The first-order valence-corrected chi connectivity index (χ1v) is 5.13. The number of anilines is 1. The monoisotopic (exact) mass is 265 g/mol. The molecule has 0 spiro atoms. The van der Waals surface area contributed by atoms with Crippen molar-refractivity contribution in [2.24, 2.45) is 0 Å². The van der Waals surface area contributed by atoms with Gasteiger partial charge < -0.3 is 14.8 Å². The van der Waals surface area contributed by atoms with Gasteiger partial charge >= 0.3 is 6.36 Å². The summed E-state index contributed by atoms with van der Waals surface area (Å²) < 4.78 is 48.9. The number of hydrogen-bond donors (Lipinski definition) is 1. The predicted octanol–water partition coefficient (Wildman–Crippen LogP) is 2.65. The summed E-state index contributed by atoms with van der Waals surface area (Å²) >= 11 is 0. The number of halogens is 3. The molecule has 0 saturated carbocycles. The van der Waals surface area contributed by atoms with E-state index in [0.29, 0.717) is 17.2 Å². The van der Waals surface area contributed by atoms with Gasteiger partial charge in [0.2, 0.25) is 0 Å². The first kappa shape index (κ1) is 14.4. The molecule has 7 heteroatoms. The number of ether oxygens (including phenoxy) is 3. The van der Waals surface area contributed by atoms with Crippen molar-refractivity contribution in [3.63, 3.8) is 0 Å². The van der Waals surface area contributed by atoms with E-state index in [1.54, 1.807) is 18.2 Å². The Morgan fingerprint density at radius 2 is 1.78 bits per heavy atom. The largest absolute Gasteiger partial charge is 0.522 e. The summed E-state index contributed by atoms with van der Waals surface area (Å²) in [7, 11) is 2.98. The van der Waals surface area contributed by atoms with Gasteiger partial charge in [-0.15, -0.1) is 13.2 Å². The summed E-state index contributed by atoms with van der Waals surface area (Å²) in [5, 5.41) is 2.78. The van der Waals surface area contributed by atoms with Gasteiger partial charge in [0, 0.05) is 18.3 Å². The molecule has 1 rings (SSSR count). The van der Waals surface area contributed by atoms with Gasteiger partial charge in [-0.05, 0) is 12.1 Å². The minimum atomic E-state index is -4.60. The highest BCUT2D eigenvalue weighted by molar-refractivity contribution is 5.54. The van der Waals surface area contributed by atoms with E-state index in [1.165, 1.54) is 14.2 Å². The van der Waals surface area contributed by atoms with Crippen molar-refractivity contribution in [2.45, 2.75) is 6.36 Å². The Balaban J connectivity index is 2.48. The van der Waals surface area contributed by atoms with Gasteiger partial charge in [-0.2, -0.15) is 0 Å². The fourth-order valence-corrected chi connectivity index (χ4v) is 1.31. The molecule has 0 fully saturated rings. The number of rotatable bonds is 6. The molecule has 0 aliphatic carbocycles. The van der Waals surface area contributed by atoms with Crippen molar-refractivity contribution in [1.82, 2.24) is 0 Å². The summed E-state index contributed by atoms with van der Waals surface area (Å²) in [6, 6.07) is 4.97. The van der Waals surface area contributed by atoms with E-state index in [-0.39, 0.29) is 6.54 Å². The Bertz CT molecular complexity index is 382. The van der Waals surface area contributed by atoms with Crippen molar-refractivity contribution in [1.29, 1.82) is 0 Å². The van der Waals surface area contributed by atoms with E-state index in [0.717, 1.165) is 0 Å². The van der Waals surface area contributed by atoms with Crippen LogP contribution in [0.4, 0.5) is 18.9 Å². The Morgan fingerprint density at radius 3 is 2.33 bits per heavy atom. The van der Waals surface area contributed by atoms with Crippen molar-refractivity contribution in [2.75, 3.05) is 32.7 Å². The molecule has 0 bridgehead atoms. The molecule has 4 nitrogen and oxygen atoms in total. The molecular weight excluding hydrogens is 251 g/mol. The molecule has 0 heterocycles. The lowest BCUT2D eigenvalue weighted by atomic mass is 10.2. The van der Waals surface area contributed by atoms with Crippen LogP contribution in [0, 0.1) is 0 Å². The normalized spacial score (nSPS) is 11.2. The lowest BCUT2D eigenvalue weighted by Gasteiger charge is -2.12. The quantitative estimate of drug-likeness (QED) is 0.803. The minimum absolute atomic E-state index is 0.0367. The fourth-order valence-electron chi connectivity index (χ4n) is 1.31. The predicted molar refractivity (Wildman–Crippen MR) is 60.0 cm³/mol. The first-order valence-electron chi connectivity index (χ1n) is 5.13. The second-order valence-electron chi connectivity index (χ2n) is 3.29. The van der Waals surface area contributed by atoms with Crippen LogP contribution in [-0.4, -0.2) is 33.7 Å². The standard InChI is InChI=1S/C11H14F3NO3/c1-16-9-4-3-8(7-10(9)17-2)15-5-6-18-11(12,13)14/h3-4,7,15H,5-6H2,1-2H3. The molecule has 0 aliphatic heterocycles. The Labute approximate surface area is 103 Å². The van der Waals surface area contributed by atoms with Crippen LogP contribution in [0.25, 0.3) is 0 Å². The smallest absolute Gasteiger partial charge is 0.493 e. The number of benzene rings is 1. The molecule has 18 heavy (non-hydrogen) atoms. The van der Waals surface area contributed by atoms with Crippen molar-refractivity contribution >= 4 is 5.69 Å². The first-order chi connectivity index (χ1) is 8.46. The van der Waals surface area contributed by atoms with Gasteiger partial charge in [-0.3, -0.25) is 4.74 Å². The molecule has 0 amide bonds. The zero-order valence-corrected chi connectivity index (χ0v) is 10.0. The summed E-state index contributed by atoms with van der Waals surface area (Å²) in [5.41, 5.74) is 0.624. The lowest BCUT2D eigenvalue weighted by molar-refractivity contribution is -0.322. The zero-order valence-electron chi connectivity index (χ0n) is 10.0. The van der Waals surface area contributed by atoms with E-state index < -0.39 is 13.0 Å². The maximum absolute atomic E-state index is 11.7. The molecule has 1 aromatic carbocycles. The zero-order chi connectivity index (χ0) is 13.6. The second kappa shape index (κ2) is 6.34. The van der Waals surface area contributed by atoms with Crippen LogP contribution in [0.1, 0.15) is 0 Å². The summed E-state index contributed by atoms with van der Waals surface area (Å²) in [4.78, 5) is 0. The molecule has 102 valence electrons. The van der Waals surface area contributed by atoms with Crippen LogP contribution >= 0.6 is 0 Å². The van der Waals surface area contributed by atoms with Crippen molar-refractivity contribution in [3.8, 4) is 11.5 Å². The molecule has 1 aromatic rings. The average molecular weight is 265 g/mol. The van der Waals surface area contributed by atoms with Gasteiger partial charge in [-0.1, -0.05) is 0 Å². The van der Waals surface area contributed by atoms with Crippen LogP contribution in [0.2, 0.25) is 0 Å². The third-order valence-corrected chi connectivity index (χ3v) is 2.08. The number of alkyl halides is 3. The van der Waals surface area contributed by atoms with Gasteiger partial charge in [0.25, 0.3) is 0 Å². The number of nitrogens with one attached hydrogen (secondary N) is 1. The van der Waals surface area contributed by atoms with E-state index in [2.05, 4.69) is 10.1 Å². The Hall–Kier alpha value is -1.63. The minimum Gasteiger partial charge on any atom is -0.493 e. The molecule has 0 saturated heterocycles. The summed E-state index contributed by atoms with van der Waals surface area (Å²) in [6.45, 7) is -0.424. The molecule has 0 atom stereocenters. The van der Waals surface area contributed by atoms with Crippen LogP contribution < -0.4 is 14.8 Å². The van der Waals surface area contributed by atoms with E-state index in [1.807, 2.05) is 0 Å². The van der Waals surface area contributed by atoms with Gasteiger partial charge in [0.15, 0.2) is 11.5 Å². The highest BCUT2D eigenvalue weighted by Gasteiger charge is 2.28. The van der Waals surface area contributed by atoms with Crippen LogP contribution in [0.15, 0.2) is 18.2 Å². The van der Waals surface area contributed by atoms with Crippen molar-refractivity contribution in [3.05, 3.63) is 18.2 Å².